The van der Waals surface area contributed by atoms with E-state index < -0.39 is 16.9 Å². The van der Waals surface area contributed by atoms with Crippen LogP contribution in [-0.4, -0.2) is 28.2 Å². The molecule has 0 aliphatic carbocycles. The van der Waals surface area contributed by atoms with Gasteiger partial charge in [-0.2, -0.15) is 0 Å². The molecule has 1 aliphatic heterocycles. The number of hydrogen-bond acceptors (Lipinski definition) is 9. The molecule has 1 aliphatic rings. The fraction of sp³-hybridized carbons (Fsp3) is 0.242. The van der Waals surface area contributed by atoms with E-state index in [-0.39, 0.29) is 36.1 Å². The number of hydrogen-bond donors (Lipinski definition) is 0. The third-order valence-corrected chi connectivity index (χ3v) is 9.08. The number of non-ortho nitro benzene ring substituents is 1. The Morgan fingerprint density at radius 2 is 1.85 bits per heavy atom. The van der Waals surface area contributed by atoms with Gasteiger partial charge < -0.3 is 14.2 Å². The van der Waals surface area contributed by atoms with Crippen LogP contribution in [0.4, 0.5) is 5.69 Å². The summed E-state index contributed by atoms with van der Waals surface area (Å²) >= 11 is 8.33. The normalized spacial score (nSPS) is 14.6. The van der Waals surface area contributed by atoms with E-state index in [2.05, 4.69) is 36.9 Å². The molecule has 5 rings (SSSR count). The third kappa shape index (κ3) is 7.01. The van der Waals surface area contributed by atoms with Crippen LogP contribution in [0.2, 0.25) is 0 Å². The van der Waals surface area contributed by atoms with Crippen molar-refractivity contribution in [2.24, 2.45) is 4.99 Å². The fourth-order valence-corrected chi connectivity index (χ4v) is 7.52. The van der Waals surface area contributed by atoms with E-state index in [1.807, 2.05) is 50.2 Å². The second-order valence-electron chi connectivity index (χ2n) is 10.5. The number of ether oxygens (including phenoxy) is 3. The van der Waals surface area contributed by atoms with Gasteiger partial charge in [-0.05, 0) is 95.0 Å². The highest BCUT2D eigenvalue weighted by atomic mass is 79.9. The van der Waals surface area contributed by atoms with Crippen LogP contribution in [-0.2, 0) is 16.1 Å². The summed E-state index contributed by atoms with van der Waals surface area (Å²) in [6, 6.07) is 16.4. The van der Waals surface area contributed by atoms with Crippen molar-refractivity contribution in [2.45, 2.75) is 46.4 Å². The maximum absolute atomic E-state index is 14.1. The Kier molecular flexibility index (Phi) is 10.2. The maximum atomic E-state index is 14.1. The second-order valence-corrected chi connectivity index (χ2v) is 13.3. The van der Waals surface area contributed by atoms with Gasteiger partial charge in [0.15, 0.2) is 4.80 Å². The molecular formula is C33H29Br2N3O7S. The Labute approximate surface area is 285 Å². The van der Waals surface area contributed by atoms with Crippen LogP contribution >= 0.6 is 43.2 Å². The number of thiazole rings is 1. The molecular weight excluding hydrogens is 742 g/mol. The molecule has 0 saturated carbocycles. The minimum absolute atomic E-state index is 0.0150. The minimum Gasteiger partial charge on any atom is -0.491 e. The van der Waals surface area contributed by atoms with E-state index in [0.717, 1.165) is 0 Å². The predicted molar refractivity (Wildman–Crippen MR) is 182 cm³/mol. The van der Waals surface area contributed by atoms with Crippen molar-refractivity contribution in [1.82, 2.24) is 4.57 Å². The van der Waals surface area contributed by atoms with Gasteiger partial charge in [0.2, 0.25) is 0 Å². The van der Waals surface area contributed by atoms with Crippen molar-refractivity contribution >= 4 is 60.9 Å². The monoisotopic (exact) mass is 769 g/mol. The van der Waals surface area contributed by atoms with Crippen molar-refractivity contribution in [3.8, 4) is 11.5 Å². The number of rotatable bonds is 10. The van der Waals surface area contributed by atoms with Crippen LogP contribution in [0.3, 0.4) is 0 Å². The largest absolute Gasteiger partial charge is 0.491 e. The number of carbonyl (C=O) groups excluding carboxylic acids is 1. The number of para-hydroxylation sites is 1. The highest BCUT2D eigenvalue weighted by molar-refractivity contribution is 9.11. The first-order valence-corrected chi connectivity index (χ1v) is 16.7. The molecule has 0 unspecified atom stereocenters. The Morgan fingerprint density at radius 1 is 1.13 bits per heavy atom. The van der Waals surface area contributed by atoms with Crippen molar-refractivity contribution in [3.63, 3.8) is 0 Å². The highest BCUT2D eigenvalue weighted by Crippen LogP contribution is 2.37. The lowest BCUT2D eigenvalue weighted by Crippen LogP contribution is -2.40. The van der Waals surface area contributed by atoms with E-state index >= 15 is 0 Å². The lowest BCUT2D eigenvalue weighted by atomic mass is 9.95. The molecule has 46 heavy (non-hydrogen) atoms. The average molecular weight is 771 g/mol. The number of esters is 1. The number of benzene rings is 3. The van der Waals surface area contributed by atoms with Crippen molar-refractivity contribution in [2.75, 3.05) is 6.61 Å². The summed E-state index contributed by atoms with van der Waals surface area (Å²) in [5, 5.41) is 11.1. The summed E-state index contributed by atoms with van der Waals surface area (Å²) in [7, 11) is 0. The molecule has 1 aromatic heterocycles. The topological polar surface area (TPSA) is 122 Å². The number of aromatic nitrogens is 1. The molecule has 0 radical (unpaired) electrons. The predicted octanol–water partition coefficient (Wildman–Crippen LogP) is 6.60. The Balaban J connectivity index is 1.56. The van der Waals surface area contributed by atoms with Crippen molar-refractivity contribution in [1.29, 1.82) is 0 Å². The molecule has 10 nitrogen and oxygen atoms in total. The number of carbonyl (C=O) groups is 1. The Hall–Kier alpha value is -4.07. The van der Waals surface area contributed by atoms with E-state index in [1.54, 1.807) is 32.1 Å². The van der Waals surface area contributed by atoms with Gasteiger partial charge in [0.25, 0.3) is 11.2 Å². The van der Waals surface area contributed by atoms with Crippen LogP contribution in [0.15, 0.2) is 90.7 Å². The maximum Gasteiger partial charge on any atom is 0.338 e. The first kappa shape index (κ1) is 33.3. The molecule has 0 bridgehead atoms. The van der Waals surface area contributed by atoms with Gasteiger partial charge in [-0.25, -0.2) is 9.79 Å². The second kappa shape index (κ2) is 14.1. The number of nitro groups is 1. The molecule has 2 heterocycles. The van der Waals surface area contributed by atoms with Crippen LogP contribution in [0.25, 0.3) is 6.08 Å². The molecule has 4 aromatic rings. The Morgan fingerprint density at radius 3 is 2.52 bits per heavy atom. The molecule has 1 atom stereocenters. The summed E-state index contributed by atoms with van der Waals surface area (Å²) in [6.07, 6.45) is 1.61. The van der Waals surface area contributed by atoms with Gasteiger partial charge in [0.05, 0.1) is 42.4 Å². The van der Waals surface area contributed by atoms with E-state index in [9.17, 15) is 19.7 Å². The quantitative estimate of drug-likeness (QED) is 0.101. The van der Waals surface area contributed by atoms with Crippen LogP contribution in [0, 0.1) is 10.1 Å². The number of nitro benzene ring substituents is 1. The summed E-state index contributed by atoms with van der Waals surface area (Å²) in [5.41, 5.74) is 2.40. The van der Waals surface area contributed by atoms with Crippen LogP contribution in [0.1, 0.15) is 50.4 Å². The van der Waals surface area contributed by atoms with Gasteiger partial charge in [-0.1, -0.05) is 41.7 Å². The number of allylic oxidation sites excluding steroid dienone is 1. The SMILES string of the molecule is CCOC(=O)C1=C(C)N=c2s/c(=C/c3cc(Br)c(OCc4cccc([N+](=O)[O-])c4)c(Br)c3)c(=O)n2[C@@H]1c1ccccc1OC(C)C. The molecule has 0 saturated heterocycles. The standard InChI is InChI=1S/C33H29Br2N3O7S/c1-5-43-32(40)28-19(4)36-33-37(29(28)23-11-6-7-12-26(23)45-18(2)3)31(39)27(46-33)16-21-14-24(34)30(25(35)15-21)44-17-20-9-8-10-22(13-20)38(41)42/h6-16,18,29H,5,17H2,1-4H3/b27-16+/t29-/m1/s1. The van der Waals surface area contributed by atoms with Gasteiger partial charge in [0, 0.05) is 17.7 Å². The van der Waals surface area contributed by atoms with Gasteiger partial charge in [-0.15, -0.1) is 0 Å². The third-order valence-electron chi connectivity index (χ3n) is 6.92. The summed E-state index contributed by atoms with van der Waals surface area (Å²) in [5.74, 6) is 0.514. The molecule has 238 valence electrons. The van der Waals surface area contributed by atoms with Gasteiger partial charge in [-0.3, -0.25) is 19.5 Å². The summed E-state index contributed by atoms with van der Waals surface area (Å²) in [4.78, 5) is 43.2. The number of halogens is 2. The lowest BCUT2D eigenvalue weighted by molar-refractivity contribution is -0.384. The molecule has 13 heteroatoms. The number of fused-ring (bicyclic) bond motifs is 1. The molecule has 0 spiro atoms. The van der Waals surface area contributed by atoms with Crippen molar-refractivity contribution < 1.29 is 23.9 Å². The molecule has 0 amide bonds. The molecule has 0 N–H and O–H groups in total. The molecule has 3 aromatic carbocycles. The van der Waals surface area contributed by atoms with Crippen LogP contribution < -0.4 is 24.4 Å². The lowest BCUT2D eigenvalue weighted by Gasteiger charge is -2.26. The fourth-order valence-electron chi connectivity index (χ4n) is 5.02. The summed E-state index contributed by atoms with van der Waals surface area (Å²) < 4.78 is 20.7. The zero-order valence-corrected chi connectivity index (χ0v) is 29.3. The Bertz CT molecular complexity index is 2030. The van der Waals surface area contributed by atoms with E-state index in [4.69, 9.17) is 14.2 Å². The molecule has 0 fully saturated rings. The van der Waals surface area contributed by atoms with E-state index in [0.29, 0.717) is 52.2 Å². The minimum atomic E-state index is -0.810. The smallest absolute Gasteiger partial charge is 0.338 e. The number of nitrogens with zero attached hydrogens (tertiary/aromatic N) is 3. The highest BCUT2D eigenvalue weighted by Gasteiger charge is 2.35. The van der Waals surface area contributed by atoms with Gasteiger partial charge >= 0.3 is 5.97 Å². The summed E-state index contributed by atoms with van der Waals surface area (Å²) in [6.45, 7) is 7.58. The average Bonchev–Trinajstić information content (AvgIpc) is 3.30. The first-order valence-electron chi connectivity index (χ1n) is 14.3. The van der Waals surface area contributed by atoms with Crippen LogP contribution in [0.5, 0.6) is 11.5 Å². The van der Waals surface area contributed by atoms with Crippen molar-refractivity contribution in [3.05, 3.63) is 127 Å². The zero-order chi connectivity index (χ0) is 33.1. The van der Waals surface area contributed by atoms with Gasteiger partial charge in [0.1, 0.15) is 24.1 Å². The zero-order valence-electron chi connectivity index (χ0n) is 25.3. The first-order chi connectivity index (χ1) is 22.0. The van der Waals surface area contributed by atoms with E-state index in [1.165, 1.54) is 28.0 Å².